The largest absolute Gasteiger partial charge is 0.494 e. The Bertz CT molecular complexity index is 2870. The lowest BCUT2D eigenvalue weighted by Crippen LogP contribution is -2.57. The molecule has 1 aliphatic rings. The number of amides is 4. The number of amidine groups is 1. The lowest BCUT2D eigenvalue weighted by molar-refractivity contribution is -0.534. The minimum atomic E-state index is -0.881. The number of unbranched alkanes of at least 4 members (excludes halogenated alkanes) is 5. The Morgan fingerprint density at radius 1 is 0.867 bits per heavy atom. The molecule has 6 rings (SSSR count). The molecule has 83 heavy (non-hydrogen) atoms. The number of hydrogen-bond acceptors (Lipinski definition) is 15. The zero-order valence-electron chi connectivity index (χ0n) is 48.9. The first-order valence-corrected chi connectivity index (χ1v) is 29.5. The molecule has 5 aromatic rings. The molecule has 450 valence electrons. The van der Waals surface area contributed by atoms with Crippen molar-refractivity contribution in [2.24, 2.45) is 16.9 Å². The Morgan fingerprint density at radius 2 is 1.55 bits per heavy atom. The number of β-amino-alcohol motifs (C(OH)–C–C–N with tert-alkyl or cyclic N) is 1. The van der Waals surface area contributed by atoms with Crippen LogP contribution in [0.25, 0.3) is 10.4 Å². The van der Waals surface area contributed by atoms with Crippen LogP contribution in [-0.4, -0.2) is 150 Å². The number of thiazole rings is 1. The Morgan fingerprint density at radius 3 is 2.22 bits per heavy atom. The highest BCUT2D eigenvalue weighted by atomic mass is 32.1. The number of aliphatic hydroxyl groups excluding tert-OH is 1. The lowest BCUT2D eigenvalue weighted by atomic mass is 9.85. The van der Waals surface area contributed by atoms with Crippen LogP contribution >= 0.6 is 11.3 Å². The summed E-state index contributed by atoms with van der Waals surface area (Å²) < 4.78 is 39.7. The van der Waals surface area contributed by atoms with Gasteiger partial charge in [-0.15, -0.1) is 11.3 Å². The highest BCUT2D eigenvalue weighted by molar-refractivity contribution is 7.13. The summed E-state index contributed by atoms with van der Waals surface area (Å²) in [5.41, 5.74) is 18.7. The maximum Gasteiger partial charge on any atom is 0.295 e. The van der Waals surface area contributed by atoms with E-state index < -0.39 is 41.6 Å². The van der Waals surface area contributed by atoms with Gasteiger partial charge in [0.1, 0.15) is 30.0 Å². The summed E-state index contributed by atoms with van der Waals surface area (Å²) in [7, 11) is 1.77. The minimum absolute atomic E-state index is 0.0131. The maximum absolute atomic E-state index is 15.0. The molecular weight excluding hydrogens is 1080 g/mol. The number of nitrogens with one attached hydrogen (secondary N) is 4. The van der Waals surface area contributed by atoms with Gasteiger partial charge in [-0.05, 0) is 105 Å². The maximum atomic E-state index is 15.0. The van der Waals surface area contributed by atoms with Gasteiger partial charge in [0.15, 0.2) is 11.9 Å². The van der Waals surface area contributed by atoms with Crippen molar-refractivity contribution in [3.8, 4) is 16.2 Å². The van der Waals surface area contributed by atoms with Crippen LogP contribution in [0.1, 0.15) is 124 Å². The standard InChI is InChI=1S/C61H84FN11O9S/c1-41(70-58(76)45-15-14-16-46(33-45)66-37-53(63)72(6)57(64)51-24-25-65-39-68-51)49-35-48(22-23-50(49)62)82-28-13-8-7-11-26-79-29-31-81-32-30-80-27-12-9-10-17-54(75)71-56(61(3,4)5)60(78)73-38-47(74)34-52(73)59(77)67-36-43-18-20-44(21-19-43)55-42(2)69-40-83-55/h14-16,18-25,33,35,39-41,47,52-53,56,64,66,74H,7-13,17,26-32,34,36-38,63H2,1-6H3,(H3,67,70,71,75,76,77)/p+1/t41-,47-,52+,53?,56-/m1/s1. The van der Waals surface area contributed by atoms with Gasteiger partial charge in [-0.1, -0.05) is 63.9 Å². The molecule has 4 amide bonds. The highest BCUT2D eigenvalue weighted by Gasteiger charge is 2.44. The van der Waals surface area contributed by atoms with E-state index in [4.69, 9.17) is 30.4 Å². The van der Waals surface area contributed by atoms with E-state index in [9.17, 15) is 28.7 Å². The fourth-order valence-corrected chi connectivity index (χ4v) is 10.1. The number of benzene rings is 3. The number of halogens is 1. The van der Waals surface area contributed by atoms with Crippen LogP contribution in [0, 0.1) is 18.2 Å². The van der Waals surface area contributed by atoms with Crippen molar-refractivity contribution in [3.63, 3.8) is 0 Å². The number of aromatic nitrogens is 3. The van der Waals surface area contributed by atoms with Crippen LogP contribution in [0.3, 0.4) is 0 Å². The van der Waals surface area contributed by atoms with Crippen molar-refractivity contribution in [2.45, 2.75) is 129 Å². The molecule has 0 aliphatic carbocycles. The fourth-order valence-electron chi connectivity index (χ4n) is 9.30. The number of aliphatic hydroxyl groups is 1. The molecule has 3 aromatic carbocycles. The predicted octanol–water partition coefficient (Wildman–Crippen LogP) is 6.64. The number of anilines is 1. The number of rotatable bonds is 34. The first kappa shape index (κ1) is 65.2. The molecule has 0 saturated carbocycles. The molecule has 1 unspecified atom stereocenters. The zero-order valence-corrected chi connectivity index (χ0v) is 49.7. The molecule has 1 fully saturated rings. The van der Waals surface area contributed by atoms with Crippen molar-refractivity contribution >= 4 is 46.5 Å². The van der Waals surface area contributed by atoms with Crippen LogP contribution in [0.5, 0.6) is 5.75 Å². The van der Waals surface area contributed by atoms with E-state index in [1.54, 1.807) is 72.5 Å². The van der Waals surface area contributed by atoms with Crippen molar-refractivity contribution in [2.75, 3.05) is 71.7 Å². The Kier molecular flexibility index (Phi) is 26.2. The van der Waals surface area contributed by atoms with Crippen molar-refractivity contribution in [3.05, 3.63) is 125 Å². The number of nitrogens with zero attached hydrogens (tertiary/aromatic N) is 5. The average Bonchev–Trinajstić information content (AvgIpc) is 4.27. The molecule has 1 aliphatic heterocycles. The summed E-state index contributed by atoms with van der Waals surface area (Å²) in [5, 5.41) is 22.6. The summed E-state index contributed by atoms with van der Waals surface area (Å²) in [6.07, 6.45) is 7.83. The average molecular weight is 1170 g/mol. The highest BCUT2D eigenvalue weighted by Crippen LogP contribution is 2.29. The number of hydrogen-bond donors (Lipinski definition) is 7. The van der Waals surface area contributed by atoms with E-state index >= 15 is 0 Å². The van der Waals surface area contributed by atoms with Gasteiger partial charge in [0.2, 0.25) is 17.7 Å². The zero-order chi connectivity index (χ0) is 59.7. The Hall–Kier alpha value is -6.95. The monoisotopic (exact) mass is 1170 g/mol. The lowest BCUT2D eigenvalue weighted by Gasteiger charge is -2.35. The van der Waals surface area contributed by atoms with E-state index in [-0.39, 0.29) is 49.6 Å². The van der Waals surface area contributed by atoms with Gasteiger partial charge in [-0.25, -0.2) is 23.9 Å². The smallest absolute Gasteiger partial charge is 0.295 e. The molecule has 0 bridgehead atoms. The van der Waals surface area contributed by atoms with E-state index in [0.717, 1.165) is 60.2 Å². The second kappa shape index (κ2) is 33.4. The van der Waals surface area contributed by atoms with E-state index in [2.05, 4.69) is 36.2 Å². The molecule has 1 saturated heterocycles. The van der Waals surface area contributed by atoms with Crippen LogP contribution < -0.4 is 37.5 Å². The molecule has 3 heterocycles. The van der Waals surface area contributed by atoms with Crippen molar-refractivity contribution in [1.82, 2.24) is 35.8 Å². The number of aryl methyl sites for hydroxylation is 1. The number of carbonyl (C=O) groups excluding carboxylic acids is 4. The Balaban J connectivity index is 0.754. The van der Waals surface area contributed by atoms with E-state index in [1.165, 1.54) is 17.3 Å². The summed E-state index contributed by atoms with van der Waals surface area (Å²) in [6, 6.07) is 18.8. The Labute approximate surface area is 491 Å². The third-order valence-electron chi connectivity index (χ3n) is 14.2. The van der Waals surface area contributed by atoms with Crippen LogP contribution in [0.15, 0.2) is 90.8 Å². The minimum Gasteiger partial charge on any atom is -0.494 e. The first-order chi connectivity index (χ1) is 39.9. The third kappa shape index (κ3) is 21.0. The topological polar surface area (TPSA) is 271 Å². The molecule has 20 nitrogen and oxygen atoms in total. The van der Waals surface area contributed by atoms with Gasteiger partial charge >= 0.3 is 0 Å². The summed E-state index contributed by atoms with van der Waals surface area (Å²) in [4.78, 5) is 68.7. The normalized spacial score (nSPS) is 15.7. The fraction of sp³-hybridized carbons (Fsp3) is 0.508. The molecule has 0 spiro atoms. The molecule has 0 radical (unpaired) electrons. The van der Waals surface area contributed by atoms with Crippen molar-refractivity contribution in [1.29, 1.82) is 0 Å². The second-order valence-corrected chi connectivity index (χ2v) is 22.7. The molecule has 5 atom stereocenters. The number of likely N-dealkylation sites (N-methyl/N-ethyl adjacent to an activating group) is 1. The van der Waals surface area contributed by atoms with Gasteiger partial charge in [-0.3, -0.25) is 30.6 Å². The number of likely N-dealkylation sites (tertiary alicyclic amines) is 1. The summed E-state index contributed by atoms with van der Waals surface area (Å²) >= 11 is 1.58. The summed E-state index contributed by atoms with van der Waals surface area (Å²) in [5.74, 6) is -0.854. The molecule has 22 heteroatoms. The molecular formula is C61H85FN11O9S+. The van der Waals surface area contributed by atoms with Crippen LogP contribution in [0.4, 0.5) is 10.1 Å². The third-order valence-corrected chi connectivity index (χ3v) is 15.2. The SMILES string of the molecule is Cc1ncsc1-c1ccc(CNC(=O)[C@@H]2C[C@@H](O)CN2C(=O)[C@@H](NC(=O)CCCCCOCCOCCOCCCCCCOc2ccc(F)c([C@@H](C)NC(=O)c3cccc(NCC(N)/[N+](C)=C(\N)c4ccncn4)c3)c2)C(C)(C)C)cc1. The number of carbonyl (C=O) groups is 4. The van der Waals surface area contributed by atoms with Gasteiger partial charge in [0.05, 0.1) is 74.9 Å². The van der Waals surface area contributed by atoms with Gasteiger partial charge in [0.25, 0.3) is 11.7 Å². The van der Waals surface area contributed by atoms with Gasteiger partial charge < -0.3 is 50.2 Å². The number of ether oxygens (including phenoxy) is 4. The first-order valence-electron chi connectivity index (χ1n) is 28.6. The second-order valence-electron chi connectivity index (χ2n) is 21.9. The van der Waals surface area contributed by atoms with Crippen LogP contribution in [-0.2, 0) is 35.1 Å². The predicted molar refractivity (Wildman–Crippen MR) is 318 cm³/mol. The van der Waals surface area contributed by atoms with Gasteiger partial charge in [0, 0.05) is 62.2 Å². The van der Waals surface area contributed by atoms with E-state index in [0.29, 0.717) is 93.3 Å². The van der Waals surface area contributed by atoms with Crippen molar-refractivity contribution < 1.29 is 52.2 Å². The number of nitrogens with two attached hydrogens (primary N) is 2. The quantitative estimate of drug-likeness (QED) is 0.00748. The molecule has 9 N–H and O–H groups in total. The van der Waals surface area contributed by atoms with Crippen LogP contribution in [0.2, 0.25) is 0 Å². The van der Waals surface area contributed by atoms with Gasteiger partial charge in [-0.2, -0.15) is 0 Å². The summed E-state index contributed by atoms with van der Waals surface area (Å²) in [6.45, 7) is 13.4. The van der Waals surface area contributed by atoms with E-state index in [1.807, 2.05) is 63.5 Å². The molecule has 2 aromatic heterocycles.